The molecular formula is C33H46N4O4S. The number of unbranched alkanes of at least 4 members (excludes halogenated alkanes) is 1. The standard InChI is InChI=1S/C33H46N4O4S/c1-6-42-24-12-13-29(26(21-24)27-22-35(5)31(38)30-25(27)14-15-34-30)40-28(23-10-11-23)9-7-8-16-36-17-19-37(20-18-36)32(39)41-33(2,3)4/h12-15,21-23,28,34H,6-11,16-20H2,1-5H3. The smallest absolute Gasteiger partial charge is 0.410 e. The Bertz CT molecular complexity index is 1430. The third-order valence-corrected chi connectivity index (χ3v) is 8.99. The van der Waals surface area contributed by atoms with E-state index in [1.807, 2.05) is 62.9 Å². The van der Waals surface area contributed by atoms with Crippen molar-refractivity contribution >= 4 is 28.8 Å². The third-order valence-electron chi connectivity index (χ3n) is 8.11. The highest BCUT2D eigenvalue weighted by molar-refractivity contribution is 7.99. The fourth-order valence-corrected chi connectivity index (χ4v) is 6.44. The molecular weight excluding hydrogens is 548 g/mol. The Labute approximate surface area is 253 Å². The summed E-state index contributed by atoms with van der Waals surface area (Å²) in [6.45, 7) is 12.1. The lowest BCUT2D eigenvalue weighted by Gasteiger charge is -2.35. The van der Waals surface area contributed by atoms with Crippen LogP contribution in [0.15, 0.2) is 46.3 Å². The van der Waals surface area contributed by atoms with Crippen molar-refractivity contribution in [3.63, 3.8) is 0 Å². The summed E-state index contributed by atoms with van der Waals surface area (Å²) in [5.41, 5.74) is 2.20. The van der Waals surface area contributed by atoms with Crippen LogP contribution in [-0.4, -0.2) is 75.6 Å². The first-order chi connectivity index (χ1) is 20.1. The molecule has 1 atom stereocenters. The summed E-state index contributed by atoms with van der Waals surface area (Å²) in [6.07, 6.45) is 9.45. The number of rotatable bonds is 11. The molecule has 1 saturated heterocycles. The maximum atomic E-state index is 12.7. The second-order valence-corrected chi connectivity index (χ2v) is 14.0. The molecule has 3 heterocycles. The van der Waals surface area contributed by atoms with Gasteiger partial charge >= 0.3 is 6.09 Å². The van der Waals surface area contributed by atoms with Crippen LogP contribution in [0.25, 0.3) is 22.0 Å². The zero-order valence-electron chi connectivity index (χ0n) is 25.8. The van der Waals surface area contributed by atoms with Crippen LogP contribution in [0.4, 0.5) is 4.79 Å². The molecule has 2 aliphatic rings. The quantitative estimate of drug-likeness (QED) is 0.201. The number of benzene rings is 1. The van der Waals surface area contributed by atoms with Gasteiger partial charge in [-0.05, 0) is 95.4 Å². The molecule has 1 saturated carbocycles. The number of nitrogens with one attached hydrogen (secondary N) is 1. The Morgan fingerprint density at radius 3 is 2.55 bits per heavy atom. The van der Waals surface area contributed by atoms with Crippen molar-refractivity contribution in [2.45, 2.75) is 76.4 Å². The van der Waals surface area contributed by atoms with Crippen molar-refractivity contribution in [3.05, 3.63) is 47.0 Å². The third kappa shape index (κ3) is 7.53. The first kappa shape index (κ1) is 30.5. The average Bonchev–Trinajstić information content (AvgIpc) is 3.68. The number of aromatic amines is 1. The second kappa shape index (κ2) is 13.2. The Kier molecular flexibility index (Phi) is 9.57. The lowest BCUT2D eigenvalue weighted by Crippen LogP contribution is -2.50. The highest BCUT2D eigenvalue weighted by atomic mass is 32.2. The van der Waals surface area contributed by atoms with Crippen LogP contribution in [0, 0.1) is 5.92 Å². The maximum Gasteiger partial charge on any atom is 0.410 e. The van der Waals surface area contributed by atoms with Crippen LogP contribution in [0.1, 0.15) is 59.8 Å². The molecule has 0 spiro atoms. The molecule has 2 aromatic heterocycles. The van der Waals surface area contributed by atoms with E-state index >= 15 is 0 Å². The predicted molar refractivity (Wildman–Crippen MR) is 171 cm³/mol. The summed E-state index contributed by atoms with van der Waals surface area (Å²) in [5, 5.41) is 0.927. The number of pyridine rings is 1. The lowest BCUT2D eigenvalue weighted by atomic mass is 10.0. The SMILES string of the molecule is CCSc1ccc(OC(CCCCN2CCN(C(=O)OC(C)(C)C)CC2)C2CC2)c(-c2cn(C)c(=O)c3[nH]ccc23)c1. The molecule has 9 heteroatoms. The molecule has 1 unspecified atom stereocenters. The zero-order valence-corrected chi connectivity index (χ0v) is 26.6. The number of carbonyl (C=O) groups is 1. The van der Waals surface area contributed by atoms with E-state index in [-0.39, 0.29) is 17.8 Å². The number of piperazine rings is 1. The number of hydrogen-bond donors (Lipinski definition) is 1. The second-order valence-electron chi connectivity index (χ2n) is 12.6. The van der Waals surface area contributed by atoms with E-state index in [1.54, 1.807) is 4.57 Å². The number of ether oxygens (including phenoxy) is 2. The minimum absolute atomic E-state index is 0.0255. The van der Waals surface area contributed by atoms with Crippen LogP contribution < -0.4 is 10.3 Å². The Balaban J connectivity index is 1.22. The summed E-state index contributed by atoms with van der Waals surface area (Å²) in [4.78, 5) is 33.7. The molecule has 0 radical (unpaired) electrons. The molecule has 42 heavy (non-hydrogen) atoms. The monoisotopic (exact) mass is 594 g/mol. The largest absolute Gasteiger partial charge is 0.489 e. The van der Waals surface area contributed by atoms with Gasteiger partial charge in [-0.3, -0.25) is 9.69 Å². The van der Waals surface area contributed by atoms with Crippen LogP contribution >= 0.6 is 11.8 Å². The summed E-state index contributed by atoms with van der Waals surface area (Å²) in [7, 11) is 1.81. The number of aromatic nitrogens is 2. The van der Waals surface area contributed by atoms with Gasteiger partial charge in [0.05, 0.1) is 0 Å². The Morgan fingerprint density at radius 2 is 1.86 bits per heavy atom. The molecule has 3 aromatic rings. The number of H-pyrrole nitrogens is 1. The number of nitrogens with zero attached hydrogens (tertiary/aromatic N) is 3. The molecule has 1 aliphatic heterocycles. The molecule has 1 N–H and O–H groups in total. The highest BCUT2D eigenvalue weighted by Gasteiger charge is 2.33. The van der Waals surface area contributed by atoms with E-state index in [1.165, 1.54) is 17.7 Å². The molecule has 1 aliphatic carbocycles. The van der Waals surface area contributed by atoms with Crippen molar-refractivity contribution in [3.8, 4) is 16.9 Å². The Hall–Kier alpha value is -2.91. The fourth-order valence-electron chi connectivity index (χ4n) is 5.75. The normalized spacial score (nSPS) is 17.0. The molecule has 5 rings (SSSR count). The minimum Gasteiger partial charge on any atom is -0.489 e. The van der Waals surface area contributed by atoms with Crippen molar-refractivity contribution in [1.29, 1.82) is 0 Å². The number of hydrogen-bond acceptors (Lipinski definition) is 6. The highest BCUT2D eigenvalue weighted by Crippen LogP contribution is 2.42. The van der Waals surface area contributed by atoms with Gasteiger partial charge in [0, 0.05) is 67.0 Å². The van der Waals surface area contributed by atoms with Gasteiger partial charge in [-0.1, -0.05) is 6.92 Å². The minimum atomic E-state index is -0.459. The van der Waals surface area contributed by atoms with Crippen LogP contribution in [0.5, 0.6) is 5.75 Å². The van der Waals surface area contributed by atoms with E-state index in [9.17, 15) is 9.59 Å². The first-order valence-electron chi connectivity index (χ1n) is 15.4. The summed E-state index contributed by atoms with van der Waals surface area (Å²) >= 11 is 1.81. The van der Waals surface area contributed by atoms with Gasteiger partial charge in [0.15, 0.2) is 0 Å². The summed E-state index contributed by atoms with van der Waals surface area (Å²) in [5.74, 6) is 2.49. The number of amides is 1. The zero-order chi connectivity index (χ0) is 29.9. The van der Waals surface area contributed by atoms with Gasteiger partial charge in [0.2, 0.25) is 0 Å². The van der Waals surface area contributed by atoms with Crippen molar-refractivity contribution in [2.24, 2.45) is 13.0 Å². The maximum absolute atomic E-state index is 12.7. The topological polar surface area (TPSA) is 79.8 Å². The molecule has 1 aromatic carbocycles. The molecule has 1 amide bonds. The van der Waals surface area contributed by atoms with Crippen LogP contribution in [0.2, 0.25) is 0 Å². The lowest BCUT2D eigenvalue weighted by molar-refractivity contribution is 0.0143. The van der Waals surface area contributed by atoms with E-state index < -0.39 is 5.60 Å². The van der Waals surface area contributed by atoms with Crippen molar-refractivity contribution in [2.75, 3.05) is 38.5 Å². The molecule has 0 bridgehead atoms. The summed E-state index contributed by atoms with van der Waals surface area (Å²) < 4.78 is 14.0. The van der Waals surface area contributed by atoms with Crippen molar-refractivity contribution in [1.82, 2.24) is 19.4 Å². The van der Waals surface area contributed by atoms with Crippen LogP contribution in [0.3, 0.4) is 0 Å². The Morgan fingerprint density at radius 1 is 1.10 bits per heavy atom. The number of carbonyl (C=O) groups excluding carboxylic acids is 1. The van der Waals surface area contributed by atoms with Gasteiger partial charge in [0.1, 0.15) is 23.0 Å². The number of thioether (sulfide) groups is 1. The molecule has 8 nitrogen and oxygen atoms in total. The van der Waals surface area contributed by atoms with Gasteiger partial charge in [-0.25, -0.2) is 4.79 Å². The first-order valence-corrected chi connectivity index (χ1v) is 16.4. The van der Waals surface area contributed by atoms with Crippen LogP contribution in [-0.2, 0) is 11.8 Å². The fraction of sp³-hybridized carbons (Fsp3) is 0.576. The molecule has 2 fully saturated rings. The summed E-state index contributed by atoms with van der Waals surface area (Å²) in [6, 6.07) is 8.48. The van der Waals surface area contributed by atoms with Crippen molar-refractivity contribution < 1.29 is 14.3 Å². The van der Waals surface area contributed by atoms with E-state index in [0.29, 0.717) is 11.4 Å². The number of fused-ring (bicyclic) bond motifs is 1. The van der Waals surface area contributed by atoms with Gasteiger partial charge in [-0.15, -0.1) is 11.8 Å². The predicted octanol–water partition coefficient (Wildman–Crippen LogP) is 6.53. The van der Waals surface area contributed by atoms with E-state index in [4.69, 9.17) is 9.47 Å². The number of aryl methyl sites for hydroxylation is 1. The van der Waals surface area contributed by atoms with Gasteiger partial charge in [0.25, 0.3) is 5.56 Å². The molecule has 228 valence electrons. The van der Waals surface area contributed by atoms with Gasteiger partial charge in [-0.2, -0.15) is 0 Å². The average molecular weight is 595 g/mol. The van der Waals surface area contributed by atoms with E-state index in [2.05, 4.69) is 35.0 Å². The van der Waals surface area contributed by atoms with E-state index in [0.717, 1.165) is 80.0 Å². The van der Waals surface area contributed by atoms with Gasteiger partial charge < -0.3 is 23.9 Å².